The minimum absolute atomic E-state index is 0.201. The molecule has 0 aromatic carbocycles. The van der Waals surface area contributed by atoms with Gasteiger partial charge in [-0.1, -0.05) is 19.8 Å². The minimum Gasteiger partial charge on any atom is -0.463 e. The van der Waals surface area contributed by atoms with Gasteiger partial charge in [-0.3, -0.25) is 0 Å². The molecule has 0 amide bonds. The maximum Gasteiger partial charge on any atom is 0.322 e. The highest BCUT2D eigenvalue weighted by molar-refractivity contribution is 6.28. The average molecular weight is 285 g/mol. The van der Waals surface area contributed by atoms with Gasteiger partial charge in [-0.15, -0.1) is 0 Å². The normalized spacial score (nSPS) is 15.7. The number of anilines is 1. The predicted molar refractivity (Wildman–Crippen MR) is 75.9 cm³/mol. The van der Waals surface area contributed by atoms with Gasteiger partial charge >= 0.3 is 6.01 Å². The molecule has 2 rings (SSSR count). The summed E-state index contributed by atoms with van der Waals surface area (Å²) >= 11 is 5.97. The summed E-state index contributed by atoms with van der Waals surface area (Å²) in [5, 5.41) is 0.201. The monoisotopic (exact) mass is 284 g/mol. The second kappa shape index (κ2) is 6.89. The molecule has 1 saturated carbocycles. The van der Waals surface area contributed by atoms with Crippen LogP contribution in [0.25, 0.3) is 0 Å². The lowest BCUT2D eigenvalue weighted by Gasteiger charge is -2.27. The fourth-order valence-corrected chi connectivity index (χ4v) is 2.64. The Labute approximate surface area is 119 Å². The van der Waals surface area contributed by atoms with Crippen molar-refractivity contribution in [3.8, 4) is 6.01 Å². The van der Waals surface area contributed by atoms with Crippen LogP contribution in [0.4, 0.5) is 5.95 Å². The van der Waals surface area contributed by atoms with Gasteiger partial charge in [-0.05, 0) is 37.8 Å². The van der Waals surface area contributed by atoms with Crippen LogP contribution in [0.5, 0.6) is 6.01 Å². The number of nitrogens with zero attached hydrogens (tertiary/aromatic N) is 4. The molecule has 1 aromatic heterocycles. The lowest BCUT2D eigenvalue weighted by molar-refractivity contribution is 0.291. The first-order chi connectivity index (χ1) is 9.24. The topological polar surface area (TPSA) is 51.1 Å². The van der Waals surface area contributed by atoms with Gasteiger partial charge in [0.25, 0.3) is 0 Å². The smallest absolute Gasteiger partial charge is 0.322 e. The molecular weight excluding hydrogens is 264 g/mol. The van der Waals surface area contributed by atoms with Gasteiger partial charge in [0.1, 0.15) is 0 Å². The third-order valence-corrected chi connectivity index (χ3v) is 3.54. The molecule has 5 nitrogen and oxygen atoms in total. The molecule has 1 aliphatic carbocycles. The van der Waals surface area contributed by atoms with Crippen LogP contribution in [0.2, 0.25) is 5.28 Å². The summed E-state index contributed by atoms with van der Waals surface area (Å²) in [6.07, 6.45) is 5.86. The van der Waals surface area contributed by atoms with E-state index in [2.05, 4.69) is 26.8 Å². The van der Waals surface area contributed by atoms with E-state index in [1.807, 2.05) is 6.92 Å². The molecule has 0 unspecified atom stereocenters. The summed E-state index contributed by atoms with van der Waals surface area (Å²) in [7, 11) is 0. The molecule has 6 heteroatoms. The van der Waals surface area contributed by atoms with Crippen molar-refractivity contribution in [2.75, 3.05) is 18.1 Å². The van der Waals surface area contributed by atoms with Crippen LogP contribution in [0.1, 0.15) is 46.0 Å². The predicted octanol–water partition coefficient (Wildman–Crippen LogP) is 3.08. The molecule has 1 aliphatic rings. The summed E-state index contributed by atoms with van der Waals surface area (Å²) < 4.78 is 5.46. The number of rotatable bonds is 6. The zero-order valence-corrected chi connectivity index (χ0v) is 12.4. The zero-order chi connectivity index (χ0) is 13.7. The molecule has 1 fully saturated rings. The van der Waals surface area contributed by atoms with Crippen molar-refractivity contribution in [2.24, 2.45) is 0 Å². The lowest BCUT2D eigenvalue weighted by atomic mass is 10.2. The fraction of sp³-hybridized carbons (Fsp3) is 0.769. The van der Waals surface area contributed by atoms with Gasteiger partial charge in [0.15, 0.2) is 0 Å². The molecule has 0 bridgehead atoms. The van der Waals surface area contributed by atoms with Gasteiger partial charge in [0.2, 0.25) is 11.2 Å². The van der Waals surface area contributed by atoms with E-state index in [4.69, 9.17) is 16.3 Å². The van der Waals surface area contributed by atoms with Crippen molar-refractivity contribution in [3.63, 3.8) is 0 Å². The summed E-state index contributed by atoms with van der Waals surface area (Å²) in [6, 6.07) is 0.843. The van der Waals surface area contributed by atoms with E-state index in [0.29, 0.717) is 24.6 Å². The number of halogens is 1. The van der Waals surface area contributed by atoms with Gasteiger partial charge in [0.05, 0.1) is 6.61 Å². The van der Waals surface area contributed by atoms with E-state index >= 15 is 0 Å². The Morgan fingerprint density at radius 3 is 2.58 bits per heavy atom. The van der Waals surface area contributed by atoms with Crippen molar-refractivity contribution >= 4 is 17.5 Å². The van der Waals surface area contributed by atoms with Gasteiger partial charge < -0.3 is 9.64 Å². The number of aromatic nitrogens is 3. The molecule has 0 spiro atoms. The van der Waals surface area contributed by atoms with E-state index in [-0.39, 0.29) is 5.28 Å². The minimum atomic E-state index is 0.201. The van der Waals surface area contributed by atoms with Crippen molar-refractivity contribution in [2.45, 2.75) is 52.0 Å². The molecular formula is C13H21ClN4O. The Bertz CT molecular complexity index is 410. The van der Waals surface area contributed by atoms with Gasteiger partial charge in [-0.2, -0.15) is 15.0 Å². The maximum atomic E-state index is 5.97. The van der Waals surface area contributed by atoms with E-state index in [0.717, 1.165) is 13.0 Å². The second-order valence-corrected chi connectivity index (χ2v) is 5.10. The van der Waals surface area contributed by atoms with Crippen LogP contribution in [0, 0.1) is 0 Å². The van der Waals surface area contributed by atoms with Crippen LogP contribution in [-0.2, 0) is 0 Å². The highest BCUT2D eigenvalue weighted by atomic mass is 35.5. The van der Waals surface area contributed by atoms with Crippen LogP contribution >= 0.6 is 11.6 Å². The maximum absolute atomic E-state index is 5.97. The lowest BCUT2D eigenvalue weighted by Crippen LogP contribution is -2.34. The van der Waals surface area contributed by atoms with E-state index in [1.165, 1.54) is 25.7 Å². The van der Waals surface area contributed by atoms with Crippen LogP contribution in [-0.4, -0.2) is 34.1 Å². The SMILES string of the molecule is CCCOc1nc(Cl)nc(N(CC)C2CCCC2)n1. The van der Waals surface area contributed by atoms with Crippen molar-refractivity contribution in [1.82, 2.24) is 15.0 Å². The zero-order valence-electron chi connectivity index (χ0n) is 11.6. The first-order valence-electron chi connectivity index (χ1n) is 7.05. The van der Waals surface area contributed by atoms with E-state index in [9.17, 15) is 0 Å². The van der Waals surface area contributed by atoms with Crippen LogP contribution in [0.3, 0.4) is 0 Å². The second-order valence-electron chi connectivity index (χ2n) is 4.76. The van der Waals surface area contributed by atoms with E-state index in [1.54, 1.807) is 0 Å². The molecule has 0 radical (unpaired) electrons. The number of hydrogen-bond acceptors (Lipinski definition) is 5. The van der Waals surface area contributed by atoms with Crippen LogP contribution in [0.15, 0.2) is 0 Å². The summed E-state index contributed by atoms with van der Waals surface area (Å²) in [5.41, 5.74) is 0. The van der Waals surface area contributed by atoms with Crippen molar-refractivity contribution in [3.05, 3.63) is 5.28 Å². The Hall–Kier alpha value is -1.10. The molecule has 0 saturated heterocycles. The summed E-state index contributed by atoms with van der Waals surface area (Å²) in [5.74, 6) is 0.639. The third kappa shape index (κ3) is 3.69. The molecule has 1 aromatic rings. The molecule has 0 N–H and O–H groups in total. The highest BCUT2D eigenvalue weighted by Gasteiger charge is 2.24. The van der Waals surface area contributed by atoms with Crippen molar-refractivity contribution in [1.29, 1.82) is 0 Å². The van der Waals surface area contributed by atoms with Gasteiger partial charge in [-0.25, -0.2) is 0 Å². The summed E-state index contributed by atoms with van der Waals surface area (Å²) in [4.78, 5) is 14.8. The molecule has 1 heterocycles. The Balaban J connectivity index is 2.18. The Morgan fingerprint density at radius 2 is 1.95 bits per heavy atom. The largest absolute Gasteiger partial charge is 0.463 e. The Morgan fingerprint density at radius 1 is 1.21 bits per heavy atom. The molecule has 0 aliphatic heterocycles. The van der Waals surface area contributed by atoms with E-state index < -0.39 is 0 Å². The standard InChI is InChI=1S/C13H21ClN4O/c1-3-9-19-13-16-11(14)15-12(17-13)18(4-2)10-7-5-6-8-10/h10H,3-9H2,1-2H3. The Kier molecular flexibility index (Phi) is 5.19. The first-order valence-corrected chi connectivity index (χ1v) is 7.43. The fourth-order valence-electron chi connectivity index (χ4n) is 2.49. The van der Waals surface area contributed by atoms with Crippen molar-refractivity contribution < 1.29 is 4.74 Å². The quantitative estimate of drug-likeness (QED) is 0.803. The summed E-state index contributed by atoms with van der Waals surface area (Å²) in [6.45, 7) is 5.62. The van der Waals surface area contributed by atoms with Gasteiger partial charge in [0, 0.05) is 12.6 Å². The molecule has 0 atom stereocenters. The highest BCUT2D eigenvalue weighted by Crippen LogP contribution is 2.27. The number of ether oxygens (including phenoxy) is 1. The number of hydrogen-bond donors (Lipinski definition) is 0. The molecule has 106 valence electrons. The first kappa shape index (κ1) is 14.3. The molecule has 19 heavy (non-hydrogen) atoms. The third-order valence-electron chi connectivity index (χ3n) is 3.37. The average Bonchev–Trinajstić information content (AvgIpc) is 2.90. The van der Waals surface area contributed by atoms with Crippen LogP contribution < -0.4 is 9.64 Å².